The molecular weight excluding hydrogens is 656 g/mol. The van der Waals surface area contributed by atoms with Gasteiger partial charge in [-0.3, -0.25) is 24.0 Å². The molecule has 6 N–H and O–H groups in total. The monoisotopic (exact) mass is 702 g/mol. The second-order valence-corrected chi connectivity index (χ2v) is 12.0. The minimum Gasteiger partial charge on any atom is -0.496 e. The molecule has 5 rings (SSSR count). The van der Waals surface area contributed by atoms with E-state index in [-0.39, 0.29) is 38.5 Å². The van der Waals surface area contributed by atoms with Gasteiger partial charge in [0.15, 0.2) is 11.5 Å². The molecule has 0 saturated carbocycles. The Hall–Kier alpha value is -5.63. The molecule has 2 aliphatic heterocycles. The fourth-order valence-corrected chi connectivity index (χ4v) is 5.46. The van der Waals surface area contributed by atoms with Crippen LogP contribution in [-0.4, -0.2) is 86.9 Å². The number of amides is 5. The summed E-state index contributed by atoms with van der Waals surface area (Å²) in [7, 11) is 2.98. The third-order valence-corrected chi connectivity index (χ3v) is 8.34. The SMILES string of the molecule is COc1cc2ccc1CNC(=O)[C@H](C)NC(=O)[C@H](CCc1ccccc1)NC(=O)CN(C(=O)CN)CCCCNC(=O)c1ccc(OC)c(c1)O2. The molecule has 0 fully saturated rings. The number of ether oxygens (including phenoxy) is 3. The molecule has 3 aromatic rings. The quantitative estimate of drug-likeness (QED) is 0.240. The zero-order valence-corrected chi connectivity index (χ0v) is 29.2. The van der Waals surface area contributed by atoms with Gasteiger partial charge in [-0.05, 0) is 68.5 Å². The van der Waals surface area contributed by atoms with Gasteiger partial charge in [0.25, 0.3) is 5.91 Å². The highest BCUT2D eigenvalue weighted by Crippen LogP contribution is 2.34. The van der Waals surface area contributed by atoms with Crippen molar-refractivity contribution in [3.8, 4) is 23.0 Å². The van der Waals surface area contributed by atoms with Gasteiger partial charge in [-0.15, -0.1) is 0 Å². The Bertz CT molecular complexity index is 1680. The number of nitrogens with zero attached hydrogens (tertiary/aromatic N) is 1. The molecule has 14 nitrogen and oxygen atoms in total. The van der Waals surface area contributed by atoms with Crippen molar-refractivity contribution in [1.82, 2.24) is 26.2 Å². The van der Waals surface area contributed by atoms with Gasteiger partial charge in [0.2, 0.25) is 23.6 Å². The van der Waals surface area contributed by atoms with E-state index in [1.54, 1.807) is 43.3 Å². The summed E-state index contributed by atoms with van der Waals surface area (Å²) in [4.78, 5) is 66.9. The number of fused-ring (bicyclic) bond motifs is 18. The van der Waals surface area contributed by atoms with Crippen LogP contribution in [0.25, 0.3) is 0 Å². The van der Waals surface area contributed by atoms with E-state index in [0.29, 0.717) is 59.9 Å². The van der Waals surface area contributed by atoms with Gasteiger partial charge in [0, 0.05) is 36.8 Å². The first-order valence-corrected chi connectivity index (χ1v) is 16.8. The molecule has 2 atom stereocenters. The van der Waals surface area contributed by atoms with Gasteiger partial charge < -0.3 is 46.1 Å². The van der Waals surface area contributed by atoms with Crippen LogP contribution in [0.1, 0.15) is 47.7 Å². The molecule has 2 aliphatic rings. The van der Waals surface area contributed by atoms with Crippen molar-refractivity contribution in [3.05, 3.63) is 83.4 Å². The molecule has 4 bridgehead atoms. The Morgan fingerprint density at radius 1 is 0.902 bits per heavy atom. The molecule has 2 heterocycles. The number of carbonyl (C=O) groups excluding carboxylic acids is 5. The number of aryl methyl sites for hydroxylation is 1. The molecule has 0 radical (unpaired) electrons. The van der Waals surface area contributed by atoms with Crippen molar-refractivity contribution in [2.24, 2.45) is 5.73 Å². The number of hydrogen-bond donors (Lipinski definition) is 5. The molecule has 0 spiro atoms. The number of rotatable bonds is 6. The van der Waals surface area contributed by atoms with Crippen LogP contribution in [-0.2, 0) is 32.1 Å². The van der Waals surface area contributed by atoms with E-state index >= 15 is 0 Å². The molecule has 51 heavy (non-hydrogen) atoms. The van der Waals surface area contributed by atoms with Gasteiger partial charge in [-0.2, -0.15) is 0 Å². The highest BCUT2D eigenvalue weighted by Gasteiger charge is 2.26. The third kappa shape index (κ3) is 11.2. The molecule has 14 heteroatoms. The largest absolute Gasteiger partial charge is 0.496 e. The van der Waals surface area contributed by atoms with E-state index in [0.717, 1.165) is 5.56 Å². The average Bonchev–Trinajstić information content (AvgIpc) is 3.14. The number of nitrogens with two attached hydrogens (primary N) is 1. The number of carbonyl (C=O) groups is 5. The minimum atomic E-state index is -0.989. The van der Waals surface area contributed by atoms with E-state index in [9.17, 15) is 24.0 Å². The predicted molar refractivity (Wildman–Crippen MR) is 189 cm³/mol. The Kier molecular flexibility index (Phi) is 14.2. The van der Waals surface area contributed by atoms with Gasteiger partial charge in [0.1, 0.15) is 23.6 Å². The third-order valence-electron chi connectivity index (χ3n) is 8.34. The van der Waals surface area contributed by atoms with Crippen molar-refractivity contribution in [3.63, 3.8) is 0 Å². The van der Waals surface area contributed by atoms with Crippen LogP contribution in [0.15, 0.2) is 66.7 Å². The predicted octanol–water partition coefficient (Wildman–Crippen LogP) is 2.05. The fraction of sp³-hybridized carbons (Fsp3) is 0.378. The number of nitrogens with one attached hydrogen (secondary N) is 4. The first-order chi connectivity index (χ1) is 24.6. The van der Waals surface area contributed by atoms with Gasteiger partial charge in [-0.25, -0.2) is 0 Å². The van der Waals surface area contributed by atoms with Crippen molar-refractivity contribution in [1.29, 1.82) is 0 Å². The summed E-state index contributed by atoms with van der Waals surface area (Å²) in [6, 6.07) is 17.5. The summed E-state index contributed by atoms with van der Waals surface area (Å²) < 4.78 is 17.1. The first-order valence-electron chi connectivity index (χ1n) is 16.8. The van der Waals surface area contributed by atoms with E-state index in [1.165, 1.54) is 19.1 Å². The highest BCUT2D eigenvalue weighted by molar-refractivity contribution is 5.95. The Morgan fingerprint density at radius 2 is 1.67 bits per heavy atom. The first kappa shape index (κ1) is 38.2. The van der Waals surface area contributed by atoms with Crippen LogP contribution >= 0.6 is 0 Å². The summed E-state index contributed by atoms with van der Waals surface area (Å²) in [6.45, 7) is 1.53. The molecule has 0 aliphatic carbocycles. The summed E-state index contributed by atoms with van der Waals surface area (Å²) >= 11 is 0. The lowest BCUT2D eigenvalue weighted by Gasteiger charge is -2.25. The smallest absolute Gasteiger partial charge is 0.251 e. The van der Waals surface area contributed by atoms with Crippen LogP contribution in [0.2, 0.25) is 0 Å². The van der Waals surface area contributed by atoms with E-state index in [2.05, 4.69) is 21.3 Å². The van der Waals surface area contributed by atoms with Crippen molar-refractivity contribution < 1.29 is 38.2 Å². The lowest BCUT2D eigenvalue weighted by molar-refractivity contribution is -0.136. The molecule has 0 unspecified atom stereocenters. The van der Waals surface area contributed by atoms with Gasteiger partial charge in [-0.1, -0.05) is 30.3 Å². The van der Waals surface area contributed by atoms with Gasteiger partial charge in [0.05, 0.1) is 27.3 Å². The zero-order valence-electron chi connectivity index (χ0n) is 29.2. The average molecular weight is 703 g/mol. The van der Waals surface area contributed by atoms with Crippen LogP contribution < -0.4 is 41.2 Å². The summed E-state index contributed by atoms with van der Waals surface area (Å²) in [5.74, 6) is -0.752. The standard InChI is InChI=1S/C37H46N6O8/c1-24-35(46)40-22-27-12-14-28(20-31(27)50-3)51-32-19-26(13-16-30(32)49-2)36(47)39-17-7-8-18-43(34(45)21-38)23-33(44)42-29(37(48)41-24)15-11-25-9-5-4-6-10-25/h4-6,9-10,12-14,16,19-20,24,29H,7-8,11,15,17-18,21-23,38H2,1-3H3,(H,39,47)(H,40,46)(H,41,48)(H,42,44)/t24-,29-/m0/s1. The summed E-state index contributed by atoms with van der Waals surface area (Å²) in [5.41, 5.74) is 7.60. The molecule has 0 aromatic heterocycles. The second-order valence-electron chi connectivity index (χ2n) is 12.0. The molecule has 3 aromatic carbocycles. The van der Waals surface area contributed by atoms with Crippen LogP contribution in [0, 0.1) is 0 Å². The van der Waals surface area contributed by atoms with E-state index < -0.39 is 35.7 Å². The molecule has 5 amide bonds. The topological polar surface area (TPSA) is 190 Å². The van der Waals surface area contributed by atoms with Crippen LogP contribution in [0.5, 0.6) is 23.0 Å². The van der Waals surface area contributed by atoms with Crippen LogP contribution in [0.3, 0.4) is 0 Å². The second kappa shape index (κ2) is 18.9. The number of methoxy groups -OCH3 is 2. The maximum absolute atomic E-state index is 13.5. The summed E-state index contributed by atoms with van der Waals surface area (Å²) in [5, 5.41) is 11.2. The van der Waals surface area contributed by atoms with Crippen molar-refractivity contribution >= 4 is 29.5 Å². The van der Waals surface area contributed by atoms with E-state index in [4.69, 9.17) is 19.9 Å². The lowest BCUT2D eigenvalue weighted by Crippen LogP contribution is -2.54. The van der Waals surface area contributed by atoms with Crippen molar-refractivity contribution in [2.75, 3.05) is 40.4 Å². The fourth-order valence-electron chi connectivity index (χ4n) is 5.46. The van der Waals surface area contributed by atoms with E-state index in [1.807, 2.05) is 30.3 Å². The summed E-state index contributed by atoms with van der Waals surface area (Å²) in [6.07, 6.45) is 1.71. The molecule has 0 saturated heterocycles. The zero-order chi connectivity index (χ0) is 36.8. The van der Waals surface area contributed by atoms with Gasteiger partial charge >= 0.3 is 0 Å². The maximum atomic E-state index is 13.5. The molecular formula is C37H46N6O8. The normalized spacial score (nSPS) is 18.2. The maximum Gasteiger partial charge on any atom is 0.251 e. The Balaban J connectivity index is 1.58. The Labute approximate surface area is 297 Å². The Morgan fingerprint density at radius 3 is 2.39 bits per heavy atom. The molecule has 272 valence electrons. The lowest BCUT2D eigenvalue weighted by atomic mass is 10.0. The minimum absolute atomic E-state index is 0.0840. The van der Waals surface area contributed by atoms with Crippen LogP contribution in [0.4, 0.5) is 0 Å². The number of hydrogen-bond acceptors (Lipinski definition) is 9. The number of benzene rings is 3. The highest BCUT2D eigenvalue weighted by atomic mass is 16.5. The van der Waals surface area contributed by atoms with Crippen molar-refractivity contribution in [2.45, 2.75) is 51.2 Å².